The number of nitrogens with zero attached hydrogens (tertiary/aromatic N) is 3. The van der Waals surface area contributed by atoms with Gasteiger partial charge in [-0.05, 0) is 30.2 Å². The van der Waals surface area contributed by atoms with E-state index >= 15 is 0 Å². The highest BCUT2D eigenvalue weighted by molar-refractivity contribution is 5.88. The van der Waals surface area contributed by atoms with Gasteiger partial charge in [-0.15, -0.1) is 0 Å². The highest BCUT2D eigenvalue weighted by Crippen LogP contribution is 2.24. The van der Waals surface area contributed by atoms with Crippen LogP contribution in [0, 0.1) is 12.7 Å². The van der Waals surface area contributed by atoms with Crippen molar-refractivity contribution in [3.63, 3.8) is 0 Å². The number of hydrogen-bond acceptors (Lipinski definition) is 5. The smallest absolute Gasteiger partial charge is 0.266 e. The number of aromatic nitrogens is 3. The van der Waals surface area contributed by atoms with Gasteiger partial charge >= 0.3 is 0 Å². The Morgan fingerprint density at radius 1 is 1.20 bits per heavy atom. The minimum absolute atomic E-state index is 0.0690. The summed E-state index contributed by atoms with van der Waals surface area (Å²) in [5, 5.41) is 6.89. The van der Waals surface area contributed by atoms with E-state index in [0.29, 0.717) is 12.1 Å². The SMILES string of the molecule is Cc1ccccc1CNC(=O)CCn1cnc2onc(-c3cccc(F)c3)c2c1=O. The number of hydrogen-bond donors (Lipinski definition) is 1. The van der Waals surface area contributed by atoms with E-state index in [4.69, 9.17) is 4.52 Å². The summed E-state index contributed by atoms with van der Waals surface area (Å²) in [4.78, 5) is 29.2. The quantitative estimate of drug-likeness (QED) is 0.531. The molecule has 152 valence electrons. The van der Waals surface area contributed by atoms with Crippen LogP contribution in [0.4, 0.5) is 4.39 Å². The second-order valence-electron chi connectivity index (χ2n) is 6.92. The van der Waals surface area contributed by atoms with Crippen LogP contribution in [-0.2, 0) is 17.9 Å². The Morgan fingerprint density at radius 3 is 2.83 bits per heavy atom. The van der Waals surface area contributed by atoms with E-state index < -0.39 is 11.4 Å². The maximum atomic E-state index is 13.6. The Balaban J connectivity index is 1.50. The van der Waals surface area contributed by atoms with Gasteiger partial charge in [-0.1, -0.05) is 41.6 Å². The molecule has 0 bridgehead atoms. The molecule has 0 radical (unpaired) electrons. The molecule has 0 atom stereocenters. The van der Waals surface area contributed by atoms with Gasteiger partial charge in [-0.25, -0.2) is 9.37 Å². The van der Waals surface area contributed by atoms with Gasteiger partial charge in [0.2, 0.25) is 5.91 Å². The van der Waals surface area contributed by atoms with Crippen molar-refractivity contribution < 1.29 is 13.7 Å². The van der Waals surface area contributed by atoms with Crippen molar-refractivity contribution in [3.05, 3.63) is 82.2 Å². The number of fused-ring (bicyclic) bond motifs is 1. The third-order valence-electron chi connectivity index (χ3n) is 4.88. The molecule has 0 spiro atoms. The van der Waals surface area contributed by atoms with Crippen LogP contribution in [0.2, 0.25) is 0 Å². The molecule has 0 saturated carbocycles. The Kier molecular flexibility index (Phi) is 5.38. The number of carbonyl (C=O) groups is 1. The van der Waals surface area contributed by atoms with Crippen LogP contribution in [0.15, 0.2) is 64.2 Å². The summed E-state index contributed by atoms with van der Waals surface area (Å²) in [6.07, 6.45) is 1.43. The molecule has 2 aromatic heterocycles. The first kappa shape index (κ1) is 19.5. The number of benzene rings is 2. The number of nitrogens with one attached hydrogen (secondary N) is 1. The molecule has 0 aliphatic heterocycles. The Labute approximate surface area is 171 Å². The average molecular weight is 406 g/mol. The molecule has 0 aliphatic carbocycles. The first-order valence-corrected chi connectivity index (χ1v) is 9.45. The van der Waals surface area contributed by atoms with Crippen LogP contribution in [0.1, 0.15) is 17.5 Å². The molecule has 4 rings (SSSR count). The zero-order valence-corrected chi connectivity index (χ0v) is 16.3. The van der Waals surface area contributed by atoms with E-state index in [9.17, 15) is 14.0 Å². The van der Waals surface area contributed by atoms with Gasteiger partial charge in [0.15, 0.2) is 0 Å². The summed E-state index contributed by atoms with van der Waals surface area (Å²) in [5.74, 6) is -0.626. The molecular formula is C22H19FN4O3. The Morgan fingerprint density at radius 2 is 2.03 bits per heavy atom. The fourth-order valence-electron chi connectivity index (χ4n) is 3.19. The van der Waals surface area contributed by atoms with Gasteiger partial charge in [0, 0.05) is 25.1 Å². The van der Waals surface area contributed by atoms with Gasteiger partial charge in [0.25, 0.3) is 11.3 Å². The van der Waals surface area contributed by atoms with Crippen molar-refractivity contribution in [3.8, 4) is 11.3 Å². The van der Waals surface area contributed by atoms with Gasteiger partial charge < -0.3 is 9.84 Å². The molecule has 0 saturated heterocycles. The lowest BCUT2D eigenvalue weighted by molar-refractivity contribution is -0.121. The number of aryl methyl sites for hydroxylation is 2. The molecule has 8 heteroatoms. The van der Waals surface area contributed by atoms with E-state index in [-0.39, 0.29) is 35.7 Å². The van der Waals surface area contributed by atoms with Crippen LogP contribution < -0.4 is 10.9 Å². The lowest BCUT2D eigenvalue weighted by atomic mass is 10.1. The van der Waals surface area contributed by atoms with E-state index in [1.54, 1.807) is 6.07 Å². The summed E-state index contributed by atoms with van der Waals surface area (Å²) in [7, 11) is 0. The zero-order valence-electron chi connectivity index (χ0n) is 16.3. The topological polar surface area (TPSA) is 90.0 Å². The summed E-state index contributed by atoms with van der Waals surface area (Å²) in [6, 6.07) is 13.5. The zero-order chi connectivity index (χ0) is 21.1. The van der Waals surface area contributed by atoms with Gasteiger partial charge in [-0.2, -0.15) is 0 Å². The van der Waals surface area contributed by atoms with Gasteiger partial charge in [-0.3, -0.25) is 14.2 Å². The van der Waals surface area contributed by atoms with E-state index in [0.717, 1.165) is 11.1 Å². The minimum Gasteiger partial charge on any atom is -0.352 e. The number of amides is 1. The predicted molar refractivity (Wildman–Crippen MR) is 109 cm³/mol. The summed E-state index contributed by atoms with van der Waals surface area (Å²) in [6.45, 7) is 2.55. The third-order valence-corrected chi connectivity index (χ3v) is 4.88. The normalized spacial score (nSPS) is 11.0. The molecule has 2 aromatic carbocycles. The first-order valence-electron chi connectivity index (χ1n) is 9.45. The first-order chi connectivity index (χ1) is 14.5. The van der Waals surface area contributed by atoms with E-state index in [2.05, 4.69) is 15.5 Å². The van der Waals surface area contributed by atoms with Crippen molar-refractivity contribution in [1.82, 2.24) is 20.0 Å². The van der Waals surface area contributed by atoms with E-state index in [1.807, 2.05) is 31.2 Å². The standard InChI is InChI=1S/C22H19FN4O3/c1-14-5-2-3-6-16(14)12-24-18(28)9-10-27-13-25-21-19(22(27)29)20(26-30-21)15-7-4-8-17(23)11-15/h2-8,11,13H,9-10,12H2,1H3,(H,24,28). The van der Waals surface area contributed by atoms with Crippen molar-refractivity contribution in [2.24, 2.45) is 0 Å². The maximum Gasteiger partial charge on any atom is 0.266 e. The molecule has 1 N–H and O–H groups in total. The molecule has 0 aliphatic rings. The van der Waals surface area contributed by atoms with Crippen molar-refractivity contribution >= 4 is 17.0 Å². The van der Waals surface area contributed by atoms with Crippen LogP contribution in [0.5, 0.6) is 0 Å². The van der Waals surface area contributed by atoms with Crippen LogP contribution in [-0.4, -0.2) is 20.6 Å². The maximum absolute atomic E-state index is 13.6. The highest BCUT2D eigenvalue weighted by Gasteiger charge is 2.17. The minimum atomic E-state index is -0.446. The lowest BCUT2D eigenvalue weighted by Gasteiger charge is -2.09. The number of rotatable bonds is 6. The second kappa shape index (κ2) is 8.28. The summed E-state index contributed by atoms with van der Waals surface area (Å²) >= 11 is 0. The van der Waals surface area contributed by atoms with E-state index in [1.165, 1.54) is 29.1 Å². The van der Waals surface area contributed by atoms with Crippen molar-refractivity contribution in [1.29, 1.82) is 0 Å². The monoisotopic (exact) mass is 406 g/mol. The molecule has 0 unspecified atom stereocenters. The van der Waals surface area contributed by atoms with Gasteiger partial charge in [0.05, 0.1) is 0 Å². The number of halogens is 1. The molecule has 1 amide bonds. The summed E-state index contributed by atoms with van der Waals surface area (Å²) < 4.78 is 20.0. The molecule has 2 heterocycles. The average Bonchev–Trinajstić information content (AvgIpc) is 3.18. The Hall–Kier alpha value is -3.81. The predicted octanol–water partition coefficient (Wildman–Crippen LogP) is 3.21. The largest absolute Gasteiger partial charge is 0.352 e. The van der Waals surface area contributed by atoms with Crippen LogP contribution in [0.3, 0.4) is 0 Å². The number of carbonyl (C=O) groups excluding carboxylic acids is 1. The fraction of sp³-hybridized carbons (Fsp3) is 0.182. The van der Waals surface area contributed by atoms with Crippen molar-refractivity contribution in [2.45, 2.75) is 26.4 Å². The van der Waals surface area contributed by atoms with Crippen LogP contribution >= 0.6 is 0 Å². The highest BCUT2D eigenvalue weighted by atomic mass is 19.1. The van der Waals surface area contributed by atoms with Crippen molar-refractivity contribution in [2.75, 3.05) is 0 Å². The fourth-order valence-corrected chi connectivity index (χ4v) is 3.19. The molecule has 4 aromatic rings. The third kappa shape index (κ3) is 3.98. The molecule has 7 nitrogen and oxygen atoms in total. The lowest BCUT2D eigenvalue weighted by Crippen LogP contribution is -2.27. The van der Waals surface area contributed by atoms with Gasteiger partial charge in [0.1, 0.15) is 23.2 Å². The molecule has 30 heavy (non-hydrogen) atoms. The molecule has 0 fully saturated rings. The molecular weight excluding hydrogens is 387 g/mol. The Bertz CT molecular complexity index is 1280. The van der Waals surface area contributed by atoms with Crippen LogP contribution in [0.25, 0.3) is 22.4 Å². The second-order valence-corrected chi connectivity index (χ2v) is 6.92. The summed E-state index contributed by atoms with van der Waals surface area (Å²) in [5.41, 5.74) is 2.45.